The van der Waals surface area contributed by atoms with Crippen LogP contribution >= 0.6 is 0 Å². The number of fused-ring (bicyclic) bond motifs is 9. The van der Waals surface area contributed by atoms with Crippen molar-refractivity contribution in [2.45, 2.75) is 94.4 Å². The van der Waals surface area contributed by atoms with Crippen molar-refractivity contribution in [2.24, 2.45) is 0 Å². The molecule has 1 saturated heterocycles. The van der Waals surface area contributed by atoms with Gasteiger partial charge in [-0.1, -0.05) is 91.0 Å². The molecule has 0 aromatic heterocycles. The van der Waals surface area contributed by atoms with Crippen molar-refractivity contribution >= 4 is 12.6 Å². The van der Waals surface area contributed by atoms with Gasteiger partial charge in [-0.15, -0.1) is 0 Å². The Balaban J connectivity index is 1.05. The summed E-state index contributed by atoms with van der Waals surface area (Å²) >= 11 is 0. The lowest BCUT2D eigenvalue weighted by Crippen LogP contribution is -2.41. The average molecular weight is 867 g/mol. The minimum Gasteiger partial charge on any atom is -0.399 e. The Hall–Kier alpha value is -5.33. The van der Waals surface area contributed by atoms with Crippen molar-refractivity contribution in [3.05, 3.63) is 149 Å². The Kier molecular flexibility index (Phi) is 8.39. The average Bonchev–Trinajstić information content (AvgIpc) is 3.83. The number of hydrogen-bond acceptors (Lipinski definition) is 2. The van der Waals surface area contributed by atoms with E-state index in [4.69, 9.17) is 9.31 Å². The predicted octanol–water partition coefficient (Wildman–Crippen LogP) is 13.9. The zero-order chi connectivity index (χ0) is 45.2. The molecule has 3 unspecified atom stereocenters. The van der Waals surface area contributed by atoms with E-state index in [1.54, 1.807) is 78.9 Å². The molecule has 3 aliphatic carbocycles. The fraction of sp³-hybridized carbons (Fsp3) is 0.294. The van der Waals surface area contributed by atoms with Crippen molar-refractivity contribution in [1.29, 1.82) is 0 Å². The van der Waals surface area contributed by atoms with E-state index in [2.05, 4.69) is 0 Å². The third-order valence-corrected chi connectivity index (χ3v) is 15.0. The number of hydrogen-bond donors (Lipinski definition) is 0. The first-order valence-corrected chi connectivity index (χ1v) is 20.6. The maximum atomic E-state index is 15.7. The second kappa shape index (κ2) is 12.7. The number of benzene rings is 6. The highest BCUT2D eigenvalue weighted by atomic mass is 19.4. The van der Waals surface area contributed by atoms with Crippen LogP contribution < -0.4 is 5.46 Å². The standard InChI is InChI=1S/C51H40BF9O2/c1-44(2)45(3,4)63-52(62-44)31-16-21-37-36-20-15-30(25-42(36)48(7,43(37)26-31)51(59,60)61)29-14-19-35-34-18-13-28(23-40(34)47(6,41(35)24-29)50(56,57)58)27-12-17-33-32-10-8-9-11-38(32)46(5,39(33)22-27)49(53,54)55/h8-26H,1-7H3. The van der Waals surface area contributed by atoms with E-state index in [-0.39, 0.29) is 33.4 Å². The molecule has 6 aromatic carbocycles. The van der Waals surface area contributed by atoms with Gasteiger partial charge in [0.15, 0.2) is 0 Å². The molecular weight excluding hydrogens is 826 g/mol. The van der Waals surface area contributed by atoms with Crippen LogP contribution in [0.4, 0.5) is 39.5 Å². The van der Waals surface area contributed by atoms with Crippen LogP contribution in [-0.4, -0.2) is 36.8 Å². The Morgan fingerprint density at radius 3 is 0.984 bits per heavy atom. The van der Waals surface area contributed by atoms with Crippen LogP contribution in [0.2, 0.25) is 0 Å². The topological polar surface area (TPSA) is 18.5 Å². The van der Waals surface area contributed by atoms with E-state index >= 15 is 26.3 Å². The van der Waals surface area contributed by atoms with E-state index in [0.29, 0.717) is 61.1 Å². The van der Waals surface area contributed by atoms with Gasteiger partial charge in [0.2, 0.25) is 0 Å². The van der Waals surface area contributed by atoms with Crippen LogP contribution in [0.25, 0.3) is 55.6 Å². The largest absolute Gasteiger partial charge is 0.494 e. The molecule has 6 aromatic rings. The first kappa shape index (κ1) is 41.7. The molecular formula is C51H40BF9O2. The summed E-state index contributed by atoms with van der Waals surface area (Å²) in [5.74, 6) is 0. The molecule has 1 fully saturated rings. The minimum absolute atomic E-state index is 0.0187. The molecule has 12 heteroatoms. The smallest absolute Gasteiger partial charge is 0.399 e. The first-order valence-electron chi connectivity index (χ1n) is 20.6. The Morgan fingerprint density at radius 1 is 0.349 bits per heavy atom. The summed E-state index contributed by atoms with van der Waals surface area (Å²) in [6, 6.07) is 29.6. The SMILES string of the molecule is CC1(C)OB(c2ccc3c(c2)C(C)(C(F)(F)F)c2cc(-c4ccc5c(c4)C(C)(C(F)(F)F)c4cc(-c6ccc7c(c6)C(C)(C(F)(F)F)c6ccccc6-7)ccc4-5)ccc2-3)OC1(C)C. The predicted molar refractivity (Wildman–Crippen MR) is 227 cm³/mol. The number of rotatable bonds is 3. The highest BCUT2D eigenvalue weighted by Crippen LogP contribution is 2.61. The van der Waals surface area contributed by atoms with Crippen molar-refractivity contribution in [1.82, 2.24) is 0 Å². The van der Waals surface area contributed by atoms with Crippen molar-refractivity contribution in [2.75, 3.05) is 0 Å². The number of halogens is 9. The molecule has 63 heavy (non-hydrogen) atoms. The maximum Gasteiger partial charge on any atom is 0.494 e. The van der Waals surface area contributed by atoms with Gasteiger partial charge in [0.05, 0.1) is 11.2 Å². The van der Waals surface area contributed by atoms with Gasteiger partial charge in [-0.05, 0) is 167 Å². The second-order valence-corrected chi connectivity index (χ2v) is 18.8. The van der Waals surface area contributed by atoms with Gasteiger partial charge in [0, 0.05) is 0 Å². The quantitative estimate of drug-likeness (QED) is 0.130. The van der Waals surface area contributed by atoms with Crippen molar-refractivity contribution in [3.63, 3.8) is 0 Å². The molecule has 0 spiro atoms. The lowest BCUT2D eigenvalue weighted by Gasteiger charge is -2.32. The summed E-state index contributed by atoms with van der Waals surface area (Å²) < 4.78 is 151. The van der Waals surface area contributed by atoms with Crippen LogP contribution in [0.5, 0.6) is 0 Å². The third kappa shape index (κ3) is 5.43. The summed E-state index contributed by atoms with van der Waals surface area (Å²) in [7, 11) is -0.900. The molecule has 0 amide bonds. The van der Waals surface area contributed by atoms with Gasteiger partial charge in [-0.25, -0.2) is 0 Å². The molecule has 3 atom stereocenters. The monoisotopic (exact) mass is 866 g/mol. The van der Waals surface area contributed by atoms with Gasteiger partial charge in [-0.3, -0.25) is 0 Å². The molecule has 322 valence electrons. The Labute approximate surface area is 359 Å². The summed E-state index contributed by atoms with van der Waals surface area (Å²) in [6.07, 6.45) is -14.3. The van der Waals surface area contributed by atoms with E-state index in [9.17, 15) is 13.2 Å². The molecule has 0 bridgehead atoms. The van der Waals surface area contributed by atoms with Gasteiger partial charge >= 0.3 is 25.6 Å². The fourth-order valence-electron chi connectivity index (χ4n) is 10.3. The zero-order valence-electron chi connectivity index (χ0n) is 35.3. The van der Waals surface area contributed by atoms with Crippen LogP contribution in [-0.2, 0) is 25.6 Å². The van der Waals surface area contributed by atoms with Gasteiger partial charge in [0.1, 0.15) is 16.2 Å². The van der Waals surface area contributed by atoms with E-state index in [1.807, 2.05) is 27.7 Å². The molecule has 0 saturated carbocycles. The summed E-state index contributed by atoms with van der Waals surface area (Å²) in [5, 5.41) is 0. The molecule has 2 nitrogen and oxygen atoms in total. The molecule has 0 radical (unpaired) electrons. The highest BCUT2D eigenvalue weighted by Gasteiger charge is 2.61. The minimum atomic E-state index is -4.85. The normalized spacial score (nSPS) is 23.8. The van der Waals surface area contributed by atoms with Gasteiger partial charge in [-0.2, -0.15) is 39.5 Å². The molecule has 10 rings (SSSR count). The van der Waals surface area contributed by atoms with Gasteiger partial charge < -0.3 is 9.31 Å². The Bertz CT molecular complexity index is 2930. The van der Waals surface area contributed by atoms with Crippen LogP contribution in [0.15, 0.2) is 115 Å². The fourth-order valence-corrected chi connectivity index (χ4v) is 10.3. The van der Waals surface area contributed by atoms with Crippen LogP contribution in [0, 0.1) is 0 Å². The van der Waals surface area contributed by atoms with Crippen LogP contribution in [0.3, 0.4) is 0 Å². The second-order valence-electron chi connectivity index (χ2n) is 18.8. The van der Waals surface area contributed by atoms with Crippen molar-refractivity contribution < 1.29 is 48.8 Å². The summed E-state index contributed by atoms with van der Waals surface area (Å²) in [4.78, 5) is 0. The summed E-state index contributed by atoms with van der Waals surface area (Å²) in [6.45, 7) is 10.8. The molecule has 1 aliphatic heterocycles. The van der Waals surface area contributed by atoms with Crippen molar-refractivity contribution in [3.8, 4) is 55.6 Å². The van der Waals surface area contributed by atoms with E-state index < -0.39 is 53.1 Å². The highest BCUT2D eigenvalue weighted by molar-refractivity contribution is 6.62. The lowest BCUT2D eigenvalue weighted by atomic mass is 9.73. The third-order valence-electron chi connectivity index (χ3n) is 15.0. The van der Waals surface area contributed by atoms with E-state index in [0.717, 1.165) is 20.8 Å². The Morgan fingerprint density at radius 2 is 0.635 bits per heavy atom. The zero-order valence-corrected chi connectivity index (χ0v) is 35.3. The van der Waals surface area contributed by atoms with E-state index in [1.165, 1.54) is 36.4 Å². The van der Waals surface area contributed by atoms with Gasteiger partial charge in [0.25, 0.3) is 0 Å². The molecule has 4 aliphatic rings. The summed E-state index contributed by atoms with van der Waals surface area (Å²) in [5.41, 5.74) is -4.97. The number of alkyl halides is 9. The molecule has 1 heterocycles. The van der Waals surface area contributed by atoms with Crippen LogP contribution in [0.1, 0.15) is 81.8 Å². The molecule has 0 N–H and O–H groups in total. The lowest BCUT2D eigenvalue weighted by molar-refractivity contribution is -0.172. The first-order chi connectivity index (χ1) is 29.2. The maximum absolute atomic E-state index is 15.7.